The van der Waals surface area contributed by atoms with Gasteiger partial charge in [0.15, 0.2) is 0 Å². The lowest BCUT2D eigenvalue weighted by Gasteiger charge is -2.20. The molecule has 1 aromatic carbocycles. The minimum absolute atomic E-state index is 1.07. The number of allylic oxidation sites excluding steroid dienone is 6. The summed E-state index contributed by atoms with van der Waals surface area (Å²) in [5.41, 5.74) is 2.33. The molecule has 0 amide bonds. The standard InChI is InChI=1S/C20H27N/c1-4-6-7-8-9-10-12-16-19(15-5-2)21(3)20-17-13-11-14-18-20/h5,7-8,11-18H,2,4,6,9-10H2,1,3H3/b8-7-,16-12-,19-15+. The topological polar surface area (TPSA) is 3.24 Å². The van der Waals surface area contributed by atoms with Crippen LogP contribution in [0.3, 0.4) is 0 Å². The molecule has 1 heteroatoms. The van der Waals surface area contributed by atoms with E-state index in [4.69, 9.17) is 0 Å². The van der Waals surface area contributed by atoms with Crippen molar-refractivity contribution < 1.29 is 0 Å². The van der Waals surface area contributed by atoms with Gasteiger partial charge < -0.3 is 4.90 Å². The Morgan fingerprint density at radius 1 is 1.05 bits per heavy atom. The summed E-state index contributed by atoms with van der Waals surface area (Å²) in [6.07, 6.45) is 17.4. The Morgan fingerprint density at radius 2 is 1.71 bits per heavy atom. The molecule has 0 aliphatic heterocycles. The SMILES string of the molecule is C=C/C=C(\C=C/CC/C=C\CCC)N(C)c1ccccc1. The first-order valence-electron chi connectivity index (χ1n) is 7.72. The molecule has 0 aromatic heterocycles. The van der Waals surface area contributed by atoms with Crippen molar-refractivity contribution in [3.8, 4) is 0 Å². The molecule has 1 rings (SSSR count). The van der Waals surface area contributed by atoms with Crippen molar-refractivity contribution >= 4 is 5.69 Å². The minimum atomic E-state index is 1.07. The summed E-state index contributed by atoms with van der Waals surface area (Å²) in [5.74, 6) is 0. The maximum Gasteiger partial charge on any atom is 0.0408 e. The lowest BCUT2D eigenvalue weighted by molar-refractivity contribution is 0.943. The van der Waals surface area contributed by atoms with Gasteiger partial charge in [-0.25, -0.2) is 0 Å². The smallest absolute Gasteiger partial charge is 0.0408 e. The number of hydrogen-bond donors (Lipinski definition) is 0. The fourth-order valence-corrected chi connectivity index (χ4v) is 2.00. The molecule has 0 unspecified atom stereocenters. The van der Waals surface area contributed by atoms with Crippen LogP contribution in [0.4, 0.5) is 5.69 Å². The summed E-state index contributed by atoms with van der Waals surface area (Å²) < 4.78 is 0. The van der Waals surface area contributed by atoms with Gasteiger partial charge in [0.25, 0.3) is 0 Å². The van der Waals surface area contributed by atoms with Crippen molar-refractivity contribution in [1.29, 1.82) is 0 Å². The van der Waals surface area contributed by atoms with Gasteiger partial charge in [0.05, 0.1) is 0 Å². The molecule has 0 aliphatic rings. The molecule has 0 saturated carbocycles. The van der Waals surface area contributed by atoms with Gasteiger partial charge in [0, 0.05) is 18.4 Å². The first kappa shape index (κ1) is 17.0. The first-order valence-corrected chi connectivity index (χ1v) is 7.72. The molecule has 112 valence electrons. The highest BCUT2D eigenvalue weighted by Gasteiger charge is 2.02. The zero-order chi connectivity index (χ0) is 15.3. The molecule has 0 saturated heterocycles. The van der Waals surface area contributed by atoms with Crippen molar-refractivity contribution in [2.24, 2.45) is 0 Å². The van der Waals surface area contributed by atoms with Crippen LogP contribution < -0.4 is 4.90 Å². The van der Waals surface area contributed by atoms with Crippen LogP contribution in [0.2, 0.25) is 0 Å². The van der Waals surface area contributed by atoms with E-state index in [1.54, 1.807) is 0 Å². The molecule has 0 N–H and O–H groups in total. The van der Waals surface area contributed by atoms with E-state index in [9.17, 15) is 0 Å². The molecule has 0 fully saturated rings. The Balaban J connectivity index is 2.58. The van der Waals surface area contributed by atoms with E-state index in [0.717, 1.165) is 18.5 Å². The average Bonchev–Trinajstić information content (AvgIpc) is 2.53. The Hall–Kier alpha value is -2.02. The third-order valence-corrected chi connectivity index (χ3v) is 3.23. The van der Waals surface area contributed by atoms with E-state index in [-0.39, 0.29) is 0 Å². The molecule has 0 bridgehead atoms. The fraction of sp³-hybridized carbons (Fsp3) is 0.300. The number of hydrogen-bond acceptors (Lipinski definition) is 1. The number of para-hydroxylation sites is 1. The summed E-state index contributed by atoms with van der Waals surface area (Å²) in [4.78, 5) is 2.17. The Kier molecular flexibility index (Phi) is 8.70. The second-order valence-electron chi connectivity index (χ2n) is 4.96. The van der Waals surface area contributed by atoms with Crippen LogP contribution in [0.25, 0.3) is 0 Å². The molecular weight excluding hydrogens is 254 g/mol. The van der Waals surface area contributed by atoms with Crippen LogP contribution in [0, 0.1) is 0 Å². The van der Waals surface area contributed by atoms with Crippen LogP contribution in [-0.4, -0.2) is 7.05 Å². The van der Waals surface area contributed by atoms with Crippen molar-refractivity contribution in [3.05, 3.63) is 79.1 Å². The van der Waals surface area contributed by atoms with Gasteiger partial charge in [0.2, 0.25) is 0 Å². The molecule has 0 spiro atoms. The summed E-state index contributed by atoms with van der Waals surface area (Å²) in [5, 5.41) is 0. The van der Waals surface area contributed by atoms with Crippen LogP contribution in [0.1, 0.15) is 32.6 Å². The maximum atomic E-state index is 3.81. The number of rotatable bonds is 9. The maximum absolute atomic E-state index is 3.81. The summed E-state index contributed by atoms with van der Waals surface area (Å²) in [6.45, 7) is 6.01. The number of benzene rings is 1. The summed E-state index contributed by atoms with van der Waals surface area (Å²) in [6, 6.07) is 10.4. The summed E-state index contributed by atoms with van der Waals surface area (Å²) >= 11 is 0. The van der Waals surface area contributed by atoms with Gasteiger partial charge in [-0.1, -0.05) is 62.4 Å². The van der Waals surface area contributed by atoms with Crippen molar-refractivity contribution in [2.45, 2.75) is 32.6 Å². The van der Waals surface area contributed by atoms with E-state index in [1.165, 1.54) is 18.5 Å². The van der Waals surface area contributed by atoms with Crippen LogP contribution in [-0.2, 0) is 0 Å². The molecular formula is C20H27N. The Labute approximate surface area is 130 Å². The zero-order valence-corrected chi connectivity index (χ0v) is 13.3. The summed E-state index contributed by atoms with van der Waals surface area (Å²) in [7, 11) is 2.08. The van der Waals surface area contributed by atoms with Gasteiger partial charge in [-0.05, 0) is 43.5 Å². The van der Waals surface area contributed by atoms with Crippen LogP contribution in [0.15, 0.2) is 79.1 Å². The number of anilines is 1. The number of unbranched alkanes of at least 4 members (excludes halogenated alkanes) is 2. The van der Waals surface area contributed by atoms with E-state index in [2.05, 4.69) is 74.0 Å². The highest BCUT2D eigenvalue weighted by atomic mass is 15.1. The van der Waals surface area contributed by atoms with Gasteiger partial charge >= 0.3 is 0 Å². The van der Waals surface area contributed by atoms with Crippen LogP contribution in [0.5, 0.6) is 0 Å². The monoisotopic (exact) mass is 281 g/mol. The molecule has 0 aliphatic carbocycles. The predicted octanol–water partition coefficient (Wildman–Crippen LogP) is 5.89. The van der Waals surface area contributed by atoms with Gasteiger partial charge in [-0.15, -0.1) is 0 Å². The quantitative estimate of drug-likeness (QED) is 0.310. The van der Waals surface area contributed by atoms with E-state index in [0.29, 0.717) is 0 Å². The molecule has 1 nitrogen and oxygen atoms in total. The van der Waals surface area contributed by atoms with Crippen molar-refractivity contribution in [2.75, 3.05) is 11.9 Å². The Morgan fingerprint density at radius 3 is 2.38 bits per heavy atom. The third kappa shape index (κ3) is 6.80. The van der Waals surface area contributed by atoms with Crippen molar-refractivity contribution in [3.63, 3.8) is 0 Å². The van der Waals surface area contributed by atoms with E-state index < -0.39 is 0 Å². The average molecular weight is 281 g/mol. The zero-order valence-electron chi connectivity index (χ0n) is 13.3. The molecule has 0 atom stereocenters. The molecule has 1 aromatic rings. The van der Waals surface area contributed by atoms with Crippen LogP contribution >= 0.6 is 0 Å². The normalized spacial score (nSPS) is 12.2. The molecule has 0 radical (unpaired) electrons. The van der Waals surface area contributed by atoms with E-state index in [1.807, 2.05) is 18.2 Å². The minimum Gasteiger partial charge on any atom is -0.345 e. The highest BCUT2D eigenvalue weighted by Crippen LogP contribution is 2.17. The fourth-order valence-electron chi connectivity index (χ4n) is 2.00. The second kappa shape index (κ2) is 10.7. The molecule has 21 heavy (non-hydrogen) atoms. The lowest BCUT2D eigenvalue weighted by Crippen LogP contribution is -2.14. The van der Waals surface area contributed by atoms with Crippen molar-refractivity contribution in [1.82, 2.24) is 0 Å². The molecule has 0 heterocycles. The number of nitrogens with zero attached hydrogens (tertiary/aromatic N) is 1. The third-order valence-electron chi connectivity index (χ3n) is 3.23. The van der Waals surface area contributed by atoms with Gasteiger partial charge in [-0.3, -0.25) is 0 Å². The predicted molar refractivity (Wildman–Crippen MR) is 95.5 cm³/mol. The van der Waals surface area contributed by atoms with Gasteiger partial charge in [-0.2, -0.15) is 0 Å². The first-order chi connectivity index (χ1) is 10.3. The largest absolute Gasteiger partial charge is 0.345 e. The van der Waals surface area contributed by atoms with E-state index >= 15 is 0 Å². The van der Waals surface area contributed by atoms with Gasteiger partial charge in [0.1, 0.15) is 0 Å². The Bertz CT molecular complexity index is 480. The highest BCUT2D eigenvalue weighted by molar-refractivity contribution is 5.54. The second-order valence-corrected chi connectivity index (χ2v) is 4.96. The number of likely N-dealkylation sites (N-methyl/N-ethyl adjacent to an activating group) is 1. The lowest BCUT2D eigenvalue weighted by atomic mass is 10.2.